The van der Waals surface area contributed by atoms with Gasteiger partial charge >= 0.3 is 0 Å². The highest BCUT2D eigenvalue weighted by Gasteiger charge is 2.73. The van der Waals surface area contributed by atoms with E-state index in [1.807, 2.05) is 0 Å². The predicted molar refractivity (Wildman–Crippen MR) is 92.0 cm³/mol. The van der Waals surface area contributed by atoms with Gasteiger partial charge in [-0.05, 0) is 37.0 Å². The summed E-state index contributed by atoms with van der Waals surface area (Å²) in [5.74, 6) is -0.722. The Morgan fingerprint density at radius 3 is 2.35 bits per heavy atom. The molecule has 1 saturated heterocycles. The molecule has 3 fully saturated rings. The molecule has 4 aliphatic rings. The summed E-state index contributed by atoms with van der Waals surface area (Å²) in [4.78, 5) is 36.2. The van der Waals surface area contributed by atoms with Gasteiger partial charge in [-0.25, -0.2) is 0 Å². The van der Waals surface area contributed by atoms with E-state index in [-0.39, 0.29) is 46.6 Å². The van der Waals surface area contributed by atoms with Crippen molar-refractivity contribution in [1.82, 2.24) is 5.01 Å². The summed E-state index contributed by atoms with van der Waals surface area (Å²) in [6.07, 6.45) is 7.77. The summed E-state index contributed by atoms with van der Waals surface area (Å²) in [5, 5.41) is 16.1. The van der Waals surface area contributed by atoms with E-state index in [1.165, 1.54) is 12.3 Å². The van der Waals surface area contributed by atoms with Crippen LogP contribution in [0.25, 0.3) is 0 Å². The van der Waals surface area contributed by atoms with Gasteiger partial charge in [0.1, 0.15) is 0 Å². The number of nitrogens with zero attached hydrogens (tertiary/aromatic N) is 3. The summed E-state index contributed by atoms with van der Waals surface area (Å²) < 4.78 is 0. The number of hydrazone groups is 1. The molecule has 2 bridgehead atoms. The van der Waals surface area contributed by atoms with Crippen molar-refractivity contribution < 1.29 is 14.5 Å². The number of nitro groups is 1. The lowest BCUT2D eigenvalue weighted by Crippen LogP contribution is -2.30. The second-order valence-electron chi connectivity index (χ2n) is 7.76. The molecule has 132 valence electrons. The zero-order chi connectivity index (χ0) is 18.2. The van der Waals surface area contributed by atoms with Crippen LogP contribution in [0.5, 0.6) is 0 Å². The Kier molecular flexibility index (Phi) is 2.89. The quantitative estimate of drug-likeness (QED) is 0.275. The minimum Gasteiger partial charge on any atom is -0.272 e. The van der Waals surface area contributed by atoms with Crippen molar-refractivity contribution in [2.24, 2.45) is 34.2 Å². The third kappa shape index (κ3) is 1.80. The maximum absolute atomic E-state index is 12.8. The highest BCUT2D eigenvalue weighted by atomic mass is 16.6. The van der Waals surface area contributed by atoms with Crippen molar-refractivity contribution in [3.63, 3.8) is 0 Å². The maximum atomic E-state index is 12.8. The highest BCUT2D eigenvalue weighted by molar-refractivity contribution is 6.07. The lowest BCUT2D eigenvalue weighted by Gasteiger charge is -2.18. The van der Waals surface area contributed by atoms with Crippen LogP contribution in [0.15, 0.2) is 35.5 Å². The molecule has 7 nitrogen and oxygen atoms in total. The molecule has 3 aliphatic carbocycles. The maximum Gasteiger partial charge on any atom is 0.272 e. The predicted octanol–water partition coefficient (Wildman–Crippen LogP) is 2.43. The monoisotopic (exact) mass is 351 g/mol. The molecule has 0 aromatic heterocycles. The van der Waals surface area contributed by atoms with Crippen LogP contribution in [0.4, 0.5) is 5.69 Å². The molecule has 4 atom stereocenters. The first kappa shape index (κ1) is 15.4. The molecule has 7 heteroatoms. The summed E-state index contributed by atoms with van der Waals surface area (Å²) in [6.45, 7) is 1.66. The Bertz CT molecular complexity index is 897. The van der Waals surface area contributed by atoms with Gasteiger partial charge in [-0.1, -0.05) is 24.3 Å². The number of nitro benzene ring substituents is 1. The fourth-order valence-electron chi connectivity index (χ4n) is 5.20. The van der Waals surface area contributed by atoms with E-state index in [0.717, 1.165) is 17.9 Å². The average Bonchev–Trinajstić information content (AvgIpc) is 3.21. The second-order valence-corrected chi connectivity index (χ2v) is 7.76. The largest absolute Gasteiger partial charge is 0.272 e. The molecule has 1 aromatic carbocycles. The number of benzene rings is 1. The SMILES string of the molecule is Cc1ccc(/C=N\N2C(=O)[C@H]3[C@H](C2=O)[C@H]2C=C[C@H]3C23CC3)cc1[N+](=O)[O-]. The molecule has 0 N–H and O–H groups in total. The fraction of sp³-hybridized carbons (Fsp3) is 0.421. The highest BCUT2D eigenvalue weighted by Crippen LogP contribution is 2.73. The average molecular weight is 351 g/mol. The van der Waals surface area contributed by atoms with E-state index in [1.54, 1.807) is 19.1 Å². The normalized spacial score (nSPS) is 32.9. The number of carbonyl (C=O) groups is 2. The van der Waals surface area contributed by atoms with Crippen LogP contribution in [0, 0.1) is 46.1 Å². The number of allylic oxidation sites excluding steroid dienone is 2. The molecule has 2 amide bonds. The fourth-order valence-corrected chi connectivity index (χ4v) is 5.20. The number of rotatable bonds is 3. The summed E-state index contributed by atoms with van der Waals surface area (Å²) in [5.41, 5.74) is 1.18. The molecule has 1 spiro atoms. The van der Waals surface area contributed by atoms with Crippen LogP contribution in [0.2, 0.25) is 0 Å². The number of fused-ring (bicyclic) bond motifs is 3. The summed E-state index contributed by atoms with van der Waals surface area (Å²) in [6, 6.07) is 4.71. The third-order valence-electron chi connectivity index (χ3n) is 6.58. The first-order chi connectivity index (χ1) is 12.4. The molecule has 2 saturated carbocycles. The Labute approximate surface area is 149 Å². The third-order valence-corrected chi connectivity index (χ3v) is 6.58. The molecule has 0 unspecified atom stereocenters. The molecule has 1 heterocycles. The number of hydrogen-bond acceptors (Lipinski definition) is 5. The van der Waals surface area contributed by atoms with Crippen molar-refractivity contribution in [2.75, 3.05) is 0 Å². The van der Waals surface area contributed by atoms with Gasteiger partial charge in [-0.15, -0.1) is 0 Å². The Balaban J connectivity index is 1.42. The van der Waals surface area contributed by atoms with Gasteiger partial charge in [0.2, 0.25) is 0 Å². The number of carbonyl (C=O) groups excluding carboxylic acids is 2. The number of hydrogen-bond donors (Lipinski definition) is 0. The molecule has 0 radical (unpaired) electrons. The van der Waals surface area contributed by atoms with E-state index in [0.29, 0.717) is 11.1 Å². The van der Waals surface area contributed by atoms with Crippen molar-refractivity contribution in [3.05, 3.63) is 51.6 Å². The number of aryl methyl sites for hydroxylation is 1. The van der Waals surface area contributed by atoms with Gasteiger partial charge in [0.05, 0.1) is 23.0 Å². The smallest absolute Gasteiger partial charge is 0.272 e. The van der Waals surface area contributed by atoms with Gasteiger partial charge in [-0.2, -0.15) is 10.1 Å². The topological polar surface area (TPSA) is 92.9 Å². The van der Waals surface area contributed by atoms with E-state index in [9.17, 15) is 19.7 Å². The number of imide groups is 1. The van der Waals surface area contributed by atoms with Crippen molar-refractivity contribution in [3.8, 4) is 0 Å². The summed E-state index contributed by atoms with van der Waals surface area (Å²) >= 11 is 0. The van der Waals surface area contributed by atoms with Gasteiger partial charge in [0.15, 0.2) is 0 Å². The van der Waals surface area contributed by atoms with Gasteiger partial charge in [0, 0.05) is 17.2 Å². The zero-order valence-electron chi connectivity index (χ0n) is 14.2. The lowest BCUT2D eigenvalue weighted by molar-refractivity contribution is -0.385. The lowest BCUT2D eigenvalue weighted by atomic mass is 9.85. The van der Waals surface area contributed by atoms with Crippen molar-refractivity contribution >= 4 is 23.7 Å². The van der Waals surface area contributed by atoms with Gasteiger partial charge in [0.25, 0.3) is 17.5 Å². The molecule has 5 rings (SSSR count). The van der Waals surface area contributed by atoms with Crippen LogP contribution in [0.1, 0.15) is 24.0 Å². The van der Waals surface area contributed by atoms with E-state index in [4.69, 9.17) is 0 Å². The zero-order valence-corrected chi connectivity index (χ0v) is 14.2. The van der Waals surface area contributed by atoms with E-state index >= 15 is 0 Å². The number of amides is 2. The Morgan fingerprint density at radius 2 is 1.81 bits per heavy atom. The molecule has 26 heavy (non-hydrogen) atoms. The molecule has 1 aromatic rings. The van der Waals surface area contributed by atoms with Crippen LogP contribution >= 0.6 is 0 Å². The van der Waals surface area contributed by atoms with Crippen molar-refractivity contribution in [1.29, 1.82) is 0 Å². The van der Waals surface area contributed by atoms with Gasteiger partial charge < -0.3 is 0 Å². The van der Waals surface area contributed by atoms with Crippen LogP contribution in [-0.2, 0) is 9.59 Å². The molecular formula is C19H17N3O4. The first-order valence-corrected chi connectivity index (χ1v) is 8.79. The minimum atomic E-state index is -0.457. The second kappa shape index (κ2) is 4.87. The molecular weight excluding hydrogens is 334 g/mol. The van der Waals surface area contributed by atoms with Crippen LogP contribution in [0.3, 0.4) is 0 Å². The minimum absolute atomic E-state index is 0.0113. The van der Waals surface area contributed by atoms with Crippen LogP contribution in [-0.4, -0.2) is 28.0 Å². The van der Waals surface area contributed by atoms with E-state index in [2.05, 4.69) is 17.3 Å². The summed E-state index contributed by atoms with van der Waals surface area (Å²) in [7, 11) is 0. The Hall–Kier alpha value is -2.83. The standard InChI is InChI=1S/C19H17N3O4/c1-10-2-3-11(8-14(10)22(25)26)9-20-21-17(23)15-12-4-5-13(16(15)18(21)24)19(12)6-7-19/h2-5,8-9,12-13,15-16H,6-7H2,1H3/b20-9-/t12-,13-,15-,16-/m1/s1. The molecule has 1 aliphatic heterocycles. The van der Waals surface area contributed by atoms with Gasteiger partial charge in [-0.3, -0.25) is 19.7 Å². The van der Waals surface area contributed by atoms with Crippen LogP contribution < -0.4 is 0 Å². The Morgan fingerprint density at radius 1 is 1.19 bits per heavy atom. The van der Waals surface area contributed by atoms with E-state index < -0.39 is 4.92 Å². The first-order valence-electron chi connectivity index (χ1n) is 8.79. The van der Waals surface area contributed by atoms with Crippen molar-refractivity contribution in [2.45, 2.75) is 19.8 Å².